The van der Waals surface area contributed by atoms with E-state index in [1.807, 2.05) is 32.0 Å². The SMILES string of the molecule is COc1ccc(NC(=O)NCCC(=O)N(C)CC(=O)Nc2cccc(C)c2C)cc1. The molecule has 0 aliphatic carbocycles. The molecule has 0 saturated heterocycles. The minimum atomic E-state index is -0.414. The van der Waals surface area contributed by atoms with Crippen molar-refractivity contribution in [2.75, 3.05) is 37.9 Å². The molecule has 4 amide bonds. The molecule has 30 heavy (non-hydrogen) atoms. The summed E-state index contributed by atoms with van der Waals surface area (Å²) in [5, 5.41) is 8.12. The number of carbonyl (C=O) groups excluding carboxylic acids is 3. The van der Waals surface area contributed by atoms with Crippen molar-refractivity contribution in [1.29, 1.82) is 0 Å². The summed E-state index contributed by atoms with van der Waals surface area (Å²) >= 11 is 0. The molecule has 8 heteroatoms. The Balaban J connectivity index is 1.72. The van der Waals surface area contributed by atoms with Crippen molar-refractivity contribution in [2.45, 2.75) is 20.3 Å². The quantitative estimate of drug-likeness (QED) is 0.621. The van der Waals surface area contributed by atoms with Crippen LogP contribution in [0.25, 0.3) is 0 Å². The summed E-state index contributed by atoms with van der Waals surface area (Å²) in [6, 6.07) is 12.1. The van der Waals surface area contributed by atoms with Crippen LogP contribution in [0.15, 0.2) is 42.5 Å². The molecular weight excluding hydrogens is 384 g/mol. The van der Waals surface area contributed by atoms with Gasteiger partial charge in [-0.3, -0.25) is 9.59 Å². The molecule has 0 bridgehead atoms. The number of carbonyl (C=O) groups is 3. The van der Waals surface area contributed by atoms with Gasteiger partial charge in [0.1, 0.15) is 5.75 Å². The van der Waals surface area contributed by atoms with E-state index in [0.29, 0.717) is 11.4 Å². The Morgan fingerprint density at radius 3 is 2.37 bits per heavy atom. The maximum absolute atomic E-state index is 12.2. The van der Waals surface area contributed by atoms with Crippen LogP contribution in [-0.4, -0.2) is 50.0 Å². The van der Waals surface area contributed by atoms with Gasteiger partial charge in [0.25, 0.3) is 0 Å². The van der Waals surface area contributed by atoms with Crippen LogP contribution in [0.1, 0.15) is 17.5 Å². The van der Waals surface area contributed by atoms with Crippen molar-refractivity contribution >= 4 is 29.2 Å². The summed E-state index contributed by atoms with van der Waals surface area (Å²) < 4.78 is 5.06. The lowest BCUT2D eigenvalue weighted by molar-refractivity contribution is -0.133. The third kappa shape index (κ3) is 6.80. The average Bonchev–Trinajstić information content (AvgIpc) is 2.71. The maximum Gasteiger partial charge on any atom is 0.319 e. The van der Waals surface area contributed by atoms with Crippen molar-refractivity contribution < 1.29 is 19.1 Å². The van der Waals surface area contributed by atoms with Gasteiger partial charge in [0.2, 0.25) is 11.8 Å². The number of rotatable bonds is 8. The predicted octanol–water partition coefficient (Wildman–Crippen LogP) is 2.92. The standard InChI is InChI=1S/C22H28N4O4/c1-15-6-5-7-19(16(15)2)25-20(27)14-26(3)21(28)12-13-23-22(29)24-17-8-10-18(30-4)11-9-17/h5-11H,12-14H2,1-4H3,(H,25,27)(H2,23,24,29). The fourth-order valence-electron chi connectivity index (χ4n) is 2.70. The molecule has 0 saturated carbocycles. The van der Waals surface area contributed by atoms with Gasteiger partial charge >= 0.3 is 6.03 Å². The van der Waals surface area contributed by atoms with Gasteiger partial charge < -0.3 is 25.6 Å². The Kier molecular flexibility index (Phi) is 8.22. The Hall–Kier alpha value is -3.55. The molecule has 0 spiro atoms. The van der Waals surface area contributed by atoms with Crippen molar-refractivity contribution in [3.63, 3.8) is 0 Å². The van der Waals surface area contributed by atoms with E-state index in [9.17, 15) is 14.4 Å². The maximum atomic E-state index is 12.2. The fourth-order valence-corrected chi connectivity index (χ4v) is 2.70. The van der Waals surface area contributed by atoms with E-state index < -0.39 is 6.03 Å². The van der Waals surface area contributed by atoms with Crippen LogP contribution in [0.3, 0.4) is 0 Å². The van der Waals surface area contributed by atoms with E-state index in [1.54, 1.807) is 38.4 Å². The topological polar surface area (TPSA) is 99.8 Å². The lowest BCUT2D eigenvalue weighted by Crippen LogP contribution is -2.37. The first-order chi connectivity index (χ1) is 14.3. The summed E-state index contributed by atoms with van der Waals surface area (Å²) in [6.45, 7) is 3.99. The number of benzene rings is 2. The minimum Gasteiger partial charge on any atom is -0.497 e. The zero-order valence-corrected chi connectivity index (χ0v) is 17.7. The zero-order chi connectivity index (χ0) is 22.1. The molecule has 0 unspecified atom stereocenters. The first-order valence-electron chi connectivity index (χ1n) is 9.59. The fraction of sp³-hybridized carbons (Fsp3) is 0.318. The number of hydrogen-bond donors (Lipinski definition) is 3. The second kappa shape index (κ2) is 10.8. The highest BCUT2D eigenvalue weighted by Gasteiger charge is 2.14. The molecule has 0 heterocycles. The third-order valence-corrected chi connectivity index (χ3v) is 4.66. The highest BCUT2D eigenvalue weighted by molar-refractivity contribution is 5.95. The number of urea groups is 1. The molecule has 0 fully saturated rings. The van der Waals surface area contributed by atoms with Crippen molar-refractivity contribution in [3.05, 3.63) is 53.6 Å². The molecule has 0 radical (unpaired) electrons. The molecule has 0 atom stereocenters. The van der Waals surface area contributed by atoms with Gasteiger partial charge in [-0.1, -0.05) is 12.1 Å². The second-order valence-electron chi connectivity index (χ2n) is 6.90. The summed E-state index contributed by atoms with van der Waals surface area (Å²) in [5.41, 5.74) is 3.42. The Morgan fingerprint density at radius 2 is 1.70 bits per heavy atom. The second-order valence-corrected chi connectivity index (χ2v) is 6.90. The third-order valence-electron chi connectivity index (χ3n) is 4.66. The number of amides is 4. The normalized spacial score (nSPS) is 10.1. The largest absolute Gasteiger partial charge is 0.497 e. The Labute approximate surface area is 176 Å². The van der Waals surface area contributed by atoms with Crippen molar-refractivity contribution in [3.8, 4) is 5.75 Å². The number of methoxy groups -OCH3 is 1. The summed E-state index contributed by atoms with van der Waals surface area (Å²) in [7, 11) is 3.12. The number of nitrogens with one attached hydrogen (secondary N) is 3. The molecule has 0 aliphatic heterocycles. The lowest BCUT2D eigenvalue weighted by atomic mass is 10.1. The van der Waals surface area contributed by atoms with Gasteiger partial charge in [-0.25, -0.2) is 4.79 Å². The van der Waals surface area contributed by atoms with Crippen LogP contribution >= 0.6 is 0 Å². The van der Waals surface area contributed by atoms with E-state index in [0.717, 1.165) is 16.8 Å². The monoisotopic (exact) mass is 412 g/mol. The Morgan fingerprint density at radius 1 is 1.00 bits per heavy atom. The molecule has 2 aromatic rings. The summed E-state index contributed by atoms with van der Waals surface area (Å²) in [4.78, 5) is 37.7. The molecule has 2 rings (SSSR count). The van der Waals surface area contributed by atoms with Gasteiger partial charge in [-0.15, -0.1) is 0 Å². The lowest BCUT2D eigenvalue weighted by Gasteiger charge is -2.18. The average molecular weight is 412 g/mol. The summed E-state index contributed by atoms with van der Waals surface area (Å²) in [6.07, 6.45) is 0.0866. The van der Waals surface area contributed by atoms with Crippen LogP contribution in [0.4, 0.5) is 16.2 Å². The Bertz CT molecular complexity index is 897. The van der Waals surface area contributed by atoms with Crippen molar-refractivity contribution in [2.24, 2.45) is 0 Å². The van der Waals surface area contributed by atoms with Gasteiger partial charge in [-0.05, 0) is 55.3 Å². The number of anilines is 2. The van der Waals surface area contributed by atoms with E-state index >= 15 is 0 Å². The van der Waals surface area contributed by atoms with E-state index in [4.69, 9.17) is 4.74 Å². The molecule has 8 nitrogen and oxygen atoms in total. The van der Waals surface area contributed by atoms with Gasteiger partial charge in [0.05, 0.1) is 13.7 Å². The van der Waals surface area contributed by atoms with Gasteiger partial charge in [-0.2, -0.15) is 0 Å². The number of ether oxygens (including phenoxy) is 1. The minimum absolute atomic E-state index is 0.0652. The molecule has 2 aromatic carbocycles. The molecule has 3 N–H and O–H groups in total. The number of likely N-dealkylation sites (N-methyl/N-ethyl adjacent to an activating group) is 1. The molecule has 0 aliphatic rings. The van der Waals surface area contributed by atoms with Crippen LogP contribution in [-0.2, 0) is 9.59 Å². The van der Waals surface area contributed by atoms with Crippen LogP contribution in [0.2, 0.25) is 0 Å². The van der Waals surface area contributed by atoms with Gasteiger partial charge in [0, 0.05) is 31.4 Å². The number of aryl methyl sites for hydroxylation is 1. The van der Waals surface area contributed by atoms with E-state index in [2.05, 4.69) is 16.0 Å². The highest BCUT2D eigenvalue weighted by atomic mass is 16.5. The van der Waals surface area contributed by atoms with Crippen LogP contribution in [0.5, 0.6) is 5.75 Å². The summed E-state index contributed by atoms with van der Waals surface area (Å²) in [5.74, 6) is 0.178. The van der Waals surface area contributed by atoms with Gasteiger partial charge in [0.15, 0.2) is 0 Å². The van der Waals surface area contributed by atoms with Crippen molar-refractivity contribution in [1.82, 2.24) is 10.2 Å². The first kappa shape index (κ1) is 22.7. The first-order valence-corrected chi connectivity index (χ1v) is 9.59. The number of nitrogens with zero attached hydrogens (tertiary/aromatic N) is 1. The smallest absolute Gasteiger partial charge is 0.319 e. The number of hydrogen-bond acceptors (Lipinski definition) is 4. The van der Waals surface area contributed by atoms with Crippen LogP contribution in [0, 0.1) is 13.8 Å². The van der Waals surface area contributed by atoms with E-state index in [1.165, 1.54) is 4.90 Å². The highest BCUT2D eigenvalue weighted by Crippen LogP contribution is 2.18. The van der Waals surface area contributed by atoms with Crippen LogP contribution < -0.4 is 20.7 Å². The molecule has 160 valence electrons. The zero-order valence-electron chi connectivity index (χ0n) is 17.7. The molecule has 0 aromatic heterocycles. The predicted molar refractivity (Wildman–Crippen MR) is 117 cm³/mol. The molecular formula is C22H28N4O4. The van der Waals surface area contributed by atoms with E-state index in [-0.39, 0.29) is 31.3 Å².